The molecule has 162 valence electrons. The summed E-state index contributed by atoms with van der Waals surface area (Å²) in [4.78, 5) is 35.5. The molecule has 1 aliphatic heterocycles. The average Bonchev–Trinajstić information content (AvgIpc) is 3.55. The lowest BCUT2D eigenvalue weighted by Gasteiger charge is -2.28. The number of ketones is 1. The predicted octanol–water partition coefficient (Wildman–Crippen LogP) is 3.70. The first-order chi connectivity index (χ1) is 15.7. The number of rotatable bonds is 7. The zero-order valence-corrected chi connectivity index (χ0v) is 17.8. The third-order valence-corrected chi connectivity index (χ3v) is 6.19. The second-order valence-electron chi connectivity index (χ2n) is 8.00. The number of imidazole rings is 1. The molecule has 1 saturated heterocycles. The minimum Gasteiger partial charge on any atom is -0.497 e. The van der Waals surface area contributed by atoms with Crippen molar-refractivity contribution in [2.75, 3.05) is 13.7 Å². The number of nitrogens with one attached hydrogen (secondary N) is 1. The van der Waals surface area contributed by atoms with Crippen LogP contribution in [0.4, 0.5) is 0 Å². The number of nitrogens with zero attached hydrogens (tertiary/aromatic N) is 3. The Balaban J connectivity index is 1.52. The Morgan fingerprint density at radius 3 is 2.62 bits per heavy atom. The molecule has 1 fully saturated rings. The molecule has 0 spiro atoms. The van der Waals surface area contributed by atoms with Gasteiger partial charge < -0.3 is 19.2 Å². The Morgan fingerprint density at radius 2 is 1.88 bits per heavy atom. The molecule has 2 atom stereocenters. The van der Waals surface area contributed by atoms with Crippen molar-refractivity contribution in [3.8, 4) is 5.75 Å². The monoisotopic (exact) mass is 428 g/mol. The van der Waals surface area contributed by atoms with E-state index in [1.54, 1.807) is 24.5 Å². The molecule has 4 aromatic rings. The Kier molecular flexibility index (Phi) is 5.23. The van der Waals surface area contributed by atoms with Crippen LogP contribution < -0.4 is 4.74 Å². The maximum absolute atomic E-state index is 13.3. The number of hydrogen-bond donors (Lipinski definition) is 1. The molecule has 5 rings (SSSR count). The minimum atomic E-state index is -0.569. The summed E-state index contributed by atoms with van der Waals surface area (Å²) in [6, 6.07) is 15.1. The fourth-order valence-electron chi connectivity index (χ4n) is 4.64. The zero-order chi connectivity index (χ0) is 22.1. The molecule has 0 saturated carbocycles. The predicted molar refractivity (Wildman–Crippen MR) is 120 cm³/mol. The molecule has 2 aromatic carbocycles. The maximum Gasteiger partial charge on any atom is 0.291 e. The van der Waals surface area contributed by atoms with Gasteiger partial charge in [-0.25, -0.2) is 4.98 Å². The van der Waals surface area contributed by atoms with E-state index in [-0.39, 0.29) is 11.8 Å². The summed E-state index contributed by atoms with van der Waals surface area (Å²) in [7, 11) is 1.62. The molecule has 1 amide bonds. The zero-order valence-electron chi connectivity index (χ0n) is 17.8. The van der Waals surface area contributed by atoms with Gasteiger partial charge in [0.15, 0.2) is 0 Å². The Bertz CT molecular complexity index is 1240. The first-order valence-electron chi connectivity index (χ1n) is 10.7. The van der Waals surface area contributed by atoms with Crippen LogP contribution in [-0.2, 0) is 16.1 Å². The fraction of sp³-hybridized carbons (Fsp3) is 0.240. The Hall–Kier alpha value is -3.87. The normalized spacial score (nSPS) is 18.6. The van der Waals surface area contributed by atoms with Crippen molar-refractivity contribution < 1.29 is 14.3 Å². The number of aromatic nitrogens is 3. The molecule has 2 aromatic heterocycles. The maximum atomic E-state index is 13.3. The van der Waals surface area contributed by atoms with Gasteiger partial charge in [0, 0.05) is 42.6 Å². The first-order valence-corrected chi connectivity index (χ1v) is 10.7. The number of methoxy groups -OCH3 is 1. The third kappa shape index (κ3) is 3.45. The molecular weight excluding hydrogens is 404 g/mol. The number of carbonyl (C=O) groups is 2. The van der Waals surface area contributed by atoms with Gasteiger partial charge in [0.05, 0.1) is 25.4 Å². The number of H-pyrrole nitrogens is 1. The van der Waals surface area contributed by atoms with Crippen LogP contribution in [-0.4, -0.2) is 44.8 Å². The number of benzene rings is 2. The molecule has 7 nitrogen and oxygen atoms in total. The second kappa shape index (κ2) is 8.34. The Labute approximate surface area is 185 Å². The first kappa shape index (κ1) is 20.1. The number of para-hydroxylation sites is 1. The van der Waals surface area contributed by atoms with Gasteiger partial charge in [-0.2, -0.15) is 0 Å². The van der Waals surface area contributed by atoms with Gasteiger partial charge in [0.1, 0.15) is 5.75 Å². The average molecular weight is 428 g/mol. The molecule has 0 bridgehead atoms. The van der Waals surface area contributed by atoms with Gasteiger partial charge in [-0.1, -0.05) is 30.3 Å². The van der Waals surface area contributed by atoms with Crippen molar-refractivity contribution in [1.29, 1.82) is 0 Å². The van der Waals surface area contributed by atoms with E-state index in [4.69, 9.17) is 4.74 Å². The van der Waals surface area contributed by atoms with E-state index >= 15 is 0 Å². The standard InChI is InChI=1S/C25H24N4O3/c1-32-18-9-7-17(8-10-18)23-22(20-15-27-21-6-3-2-5-19(20)21)24(30)25(31)29(23)13-4-12-28-14-11-26-16-28/h2-3,5-11,14-16,22-23,27H,4,12-13H2,1H3. The lowest BCUT2D eigenvalue weighted by atomic mass is 9.86. The highest BCUT2D eigenvalue weighted by molar-refractivity contribution is 6.40. The second-order valence-corrected chi connectivity index (χ2v) is 8.00. The Morgan fingerprint density at radius 1 is 1.06 bits per heavy atom. The number of likely N-dealkylation sites (tertiary alicyclic amines) is 1. The van der Waals surface area contributed by atoms with Gasteiger partial charge in [-0.15, -0.1) is 0 Å². The smallest absolute Gasteiger partial charge is 0.291 e. The molecule has 0 radical (unpaired) electrons. The number of hydrogen-bond acceptors (Lipinski definition) is 4. The van der Waals surface area contributed by atoms with Gasteiger partial charge in [-0.3, -0.25) is 9.59 Å². The van der Waals surface area contributed by atoms with Gasteiger partial charge in [0.25, 0.3) is 5.91 Å². The van der Waals surface area contributed by atoms with Crippen LogP contribution in [0.2, 0.25) is 0 Å². The summed E-state index contributed by atoms with van der Waals surface area (Å²) < 4.78 is 7.28. The molecule has 0 aliphatic carbocycles. The van der Waals surface area contributed by atoms with Crippen molar-refractivity contribution in [3.63, 3.8) is 0 Å². The van der Waals surface area contributed by atoms with E-state index in [0.29, 0.717) is 6.54 Å². The van der Waals surface area contributed by atoms with Gasteiger partial charge in [-0.05, 0) is 35.7 Å². The number of aromatic amines is 1. The van der Waals surface area contributed by atoms with Crippen LogP contribution in [0.25, 0.3) is 10.9 Å². The van der Waals surface area contributed by atoms with Crippen molar-refractivity contribution in [1.82, 2.24) is 19.4 Å². The van der Waals surface area contributed by atoms with Crippen molar-refractivity contribution in [3.05, 3.63) is 84.6 Å². The van der Waals surface area contributed by atoms with E-state index in [1.807, 2.05) is 65.5 Å². The fourth-order valence-corrected chi connectivity index (χ4v) is 4.64. The molecule has 2 unspecified atom stereocenters. The highest BCUT2D eigenvalue weighted by Crippen LogP contribution is 2.44. The van der Waals surface area contributed by atoms with Crippen molar-refractivity contribution in [2.24, 2.45) is 0 Å². The lowest BCUT2D eigenvalue weighted by molar-refractivity contribution is -0.140. The van der Waals surface area contributed by atoms with Crippen LogP contribution in [0.1, 0.15) is 29.5 Å². The van der Waals surface area contributed by atoms with Crippen LogP contribution in [0.15, 0.2) is 73.4 Å². The van der Waals surface area contributed by atoms with E-state index in [1.165, 1.54) is 0 Å². The summed E-state index contributed by atoms with van der Waals surface area (Å²) in [5, 5.41) is 0.970. The lowest BCUT2D eigenvalue weighted by Crippen LogP contribution is -2.31. The van der Waals surface area contributed by atoms with Crippen LogP contribution >= 0.6 is 0 Å². The SMILES string of the molecule is COc1ccc(C2C(c3c[nH]c4ccccc34)C(=O)C(=O)N2CCCn2ccnc2)cc1. The number of aryl methyl sites for hydroxylation is 1. The highest BCUT2D eigenvalue weighted by Gasteiger charge is 2.49. The molecule has 3 heterocycles. The summed E-state index contributed by atoms with van der Waals surface area (Å²) in [5.74, 6) is -0.620. The number of amides is 1. The van der Waals surface area contributed by atoms with E-state index < -0.39 is 11.8 Å². The molecule has 7 heteroatoms. The molecule has 1 N–H and O–H groups in total. The highest BCUT2D eigenvalue weighted by atomic mass is 16.5. The van der Waals surface area contributed by atoms with Crippen molar-refractivity contribution >= 4 is 22.6 Å². The van der Waals surface area contributed by atoms with Crippen LogP contribution in [0.3, 0.4) is 0 Å². The number of Topliss-reactive ketones (excluding diaryl/α,β-unsaturated/α-hetero) is 1. The summed E-state index contributed by atoms with van der Waals surface area (Å²) >= 11 is 0. The van der Waals surface area contributed by atoms with Gasteiger partial charge in [0.2, 0.25) is 5.78 Å². The van der Waals surface area contributed by atoms with Crippen LogP contribution in [0.5, 0.6) is 5.75 Å². The largest absolute Gasteiger partial charge is 0.497 e. The summed E-state index contributed by atoms with van der Waals surface area (Å²) in [5.41, 5.74) is 2.73. The number of ether oxygens (including phenoxy) is 1. The molecule has 1 aliphatic rings. The minimum absolute atomic E-state index is 0.363. The number of carbonyl (C=O) groups excluding carboxylic acids is 2. The summed E-state index contributed by atoms with van der Waals surface area (Å²) in [6.45, 7) is 1.21. The van der Waals surface area contributed by atoms with Crippen molar-refractivity contribution in [2.45, 2.75) is 24.9 Å². The van der Waals surface area contributed by atoms with E-state index in [9.17, 15) is 9.59 Å². The molecular formula is C25H24N4O3. The quantitative estimate of drug-likeness (QED) is 0.455. The summed E-state index contributed by atoms with van der Waals surface area (Å²) in [6.07, 6.45) is 7.98. The number of fused-ring (bicyclic) bond motifs is 1. The third-order valence-electron chi connectivity index (χ3n) is 6.19. The van der Waals surface area contributed by atoms with Gasteiger partial charge >= 0.3 is 0 Å². The van der Waals surface area contributed by atoms with E-state index in [0.717, 1.165) is 40.7 Å². The van der Waals surface area contributed by atoms with Crippen LogP contribution in [0, 0.1) is 0 Å². The topological polar surface area (TPSA) is 80.2 Å². The molecule has 32 heavy (non-hydrogen) atoms. The van der Waals surface area contributed by atoms with E-state index in [2.05, 4.69) is 9.97 Å².